The lowest BCUT2D eigenvalue weighted by Crippen LogP contribution is -2.65. The van der Waals surface area contributed by atoms with Gasteiger partial charge in [0.25, 0.3) is 0 Å². The van der Waals surface area contributed by atoms with E-state index in [9.17, 15) is 9.90 Å². The van der Waals surface area contributed by atoms with Crippen LogP contribution in [-0.4, -0.2) is 47.0 Å². The molecule has 1 saturated heterocycles. The van der Waals surface area contributed by atoms with Crippen LogP contribution < -0.4 is 4.74 Å². The van der Waals surface area contributed by atoms with Crippen LogP contribution >= 0.6 is 11.6 Å². The van der Waals surface area contributed by atoms with E-state index < -0.39 is 17.3 Å². The molecule has 23 heavy (non-hydrogen) atoms. The fraction of sp³-hybridized carbons (Fsp3) is 0.588. The zero-order valence-corrected chi connectivity index (χ0v) is 14.4. The largest absolute Gasteiger partial charge is 0.493 e. The van der Waals surface area contributed by atoms with Crippen molar-refractivity contribution in [3.63, 3.8) is 0 Å². The lowest BCUT2D eigenvalue weighted by Gasteiger charge is -2.46. The maximum absolute atomic E-state index is 12.0. The first-order valence-electron chi connectivity index (χ1n) is 7.80. The van der Waals surface area contributed by atoms with Gasteiger partial charge in [-0.25, -0.2) is 4.79 Å². The Morgan fingerprint density at radius 2 is 2.13 bits per heavy atom. The van der Waals surface area contributed by atoms with Crippen molar-refractivity contribution < 1.29 is 19.4 Å². The van der Waals surface area contributed by atoms with Crippen molar-refractivity contribution in [2.24, 2.45) is 0 Å². The van der Waals surface area contributed by atoms with Gasteiger partial charge in [-0.2, -0.15) is 0 Å². The fourth-order valence-corrected chi connectivity index (χ4v) is 3.33. The number of ether oxygens (including phenoxy) is 2. The number of hydrogen-bond acceptors (Lipinski definition) is 4. The number of β-amino-alcohol motifs (C(OH)–C–C–N with tert-alkyl or cyclic N) is 1. The molecule has 126 valence electrons. The van der Waals surface area contributed by atoms with Crippen LogP contribution in [0.15, 0.2) is 12.1 Å². The number of carbonyl (C=O) groups is 1. The Bertz CT molecular complexity index is 632. The second-order valence-corrected chi connectivity index (χ2v) is 7.83. The number of halogens is 1. The number of aliphatic hydroxyl groups is 1. The SMILES string of the molecule is CC(C)(C)OC(=O)N1CC(O)(Cc2cc(Cl)cc3c2OCC3)C1. The highest BCUT2D eigenvalue weighted by molar-refractivity contribution is 6.30. The van der Waals surface area contributed by atoms with Gasteiger partial charge >= 0.3 is 6.09 Å². The first kappa shape index (κ1) is 16.4. The van der Waals surface area contributed by atoms with E-state index in [0.29, 0.717) is 18.1 Å². The van der Waals surface area contributed by atoms with Crippen molar-refractivity contribution in [1.82, 2.24) is 4.90 Å². The summed E-state index contributed by atoms with van der Waals surface area (Å²) in [7, 11) is 0. The number of rotatable bonds is 2. The van der Waals surface area contributed by atoms with Crippen molar-refractivity contribution in [3.8, 4) is 5.75 Å². The van der Waals surface area contributed by atoms with E-state index >= 15 is 0 Å². The molecule has 0 radical (unpaired) electrons. The summed E-state index contributed by atoms with van der Waals surface area (Å²) in [6.45, 7) is 6.62. The summed E-state index contributed by atoms with van der Waals surface area (Å²) in [4.78, 5) is 13.5. The predicted octanol–water partition coefficient (Wildman–Crippen LogP) is 2.80. The zero-order valence-electron chi connectivity index (χ0n) is 13.7. The van der Waals surface area contributed by atoms with Crippen LogP contribution in [0, 0.1) is 0 Å². The Balaban J connectivity index is 1.66. The van der Waals surface area contributed by atoms with Crippen molar-refractivity contribution in [3.05, 3.63) is 28.3 Å². The summed E-state index contributed by atoms with van der Waals surface area (Å²) in [5.41, 5.74) is 0.490. The molecule has 1 fully saturated rings. The van der Waals surface area contributed by atoms with Crippen LogP contribution in [0.2, 0.25) is 5.02 Å². The van der Waals surface area contributed by atoms with E-state index in [4.69, 9.17) is 21.1 Å². The molecule has 2 aliphatic heterocycles. The molecule has 0 aromatic heterocycles. The minimum absolute atomic E-state index is 0.253. The molecule has 1 aromatic rings. The van der Waals surface area contributed by atoms with Crippen molar-refractivity contribution >= 4 is 17.7 Å². The molecular weight excluding hydrogens is 318 g/mol. The Morgan fingerprint density at radius 1 is 1.43 bits per heavy atom. The third-order valence-electron chi connectivity index (χ3n) is 3.97. The number of fused-ring (bicyclic) bond motifs is 1. The van der Waals surface area contributed by atoms with E-state index in [1.807, 2.05) is 32.9 Å². The molecule has 0 aliphatic carbocycles. The van der Waals surface area contributed by atoms with Gasteiger partial charge in [0.05, 0.1) is 19.7 Å². The van der Waals surface area contributed by atoms with Crippen molar-refractivity contribution in [2.45, 2.75) is 44.8 Å². The molecule has 0 saturated carbocycles. The fourth-order valence-electron chi connectivity index (χ4n) is 3.06. The van der Waals surface area contributed by atoms with Crippen LogP contribution in [0.3, 0.4) is 0 Å². The molecule has 1 amide bonds. The van der Waals surface area contributed by atoms with Gasteiger partial charge in [0.15, 0.2) is 0 Å². The number of benzene rings is 1. The van der Waals surface area contributed by atoms with Crippen LogP contribution in [0.5, 0.6) is 5.75 Å². The second-order valence-electron chi connectivity index (χ2n) is 7.39. The van der Waals surface area contributed by atoms with Gasteiger partial charge in [0, 0.05) is 17.9 Å². The van der Waals surface area contributed by atoms with Crippen molar-refractivity contribution in [1.29, 1.82) is 0 Å². The van der Waals surface area contributed by atoms with Gasteiger partial charge in [0.1, 0.15) is 17.0 Å². The molecule has 0 bridgehead atoms. The van der Waals surface area contributed by atoms with Crippen LogP contribution in [0.1, 0.15) is 31.9 Å². The summed E-state index contributed by atoms with van der Waals surface area (Å²) in [5.74, 6) is 0.832. The molecule has 1 N–H and O–H groups in total. The molecular formula is C17H22ClNO4. The van der Waals surface area contributed by atoms with Gasteiger partial charge in [-0.15, -0.1) is 0 Å². The van der Waals surface area contributed by atoms with E-state index in [2.05, 4.69) is 0 Å². The molecule has 5 nitrogen and oxygen atoms in total. The Kier molecular flexibility index (Phi) is 3.97. The molecule has 6 heteroatoms. The minimum Gasteiger partial charge on any atom is -0.493 e. The second kappa shape index (κ2) is 5.56. The summed E-state index contributed by atoms with van der Waals surface area (Å²) in [6.07, 6.45) is 0.857. The zero-order chi connectivity index (χ0) is 16.8. The number of nitrogens with zero attached hydrogens (tertiary/aromatic N) is 1. The molecule has 1 aromatic carbocycles. The maximum atomic E-state index is 12.0. The first-order valence-corrected chi connectivity index (χ1v) is 8.17. The molecule has 0 spiro atoms. The smallest absolute Gasteiger partial charge is 0.410 e. The van der Waals surface area contributed by atoms with E-state index in [0.717, 1.165) is 23.3 Å². The van der Waals surface area contributed by atoms with E-state index in [-0.39, 0.29) is 13.1 Å². The molecule has 0 atom stereocenters. The average molecular weight is 340 g/mol. The molecule has 3 rings (SSSR count). The summed E-state index contributed by atoms with van der Waals surface area (Å²) in [5, 5.41) is 11.3. The number of carbonyl (C=O) groups excluding carboxylic acids is 1. The molecule has 0 unspecified atom stereocenters. The molecule has 2 aliphatic rings. The summed E-state index contributed by atoms with van der Waals surface area (Å²) < 4.78 is 11.0. The number of hydrogen-bond donors (Lipinski definition) is 1. The maximum Gasteiger partial charge on any atom is 0.410 e. The lowest BCUT2D eigenvalue weighted by molar-refractivity contribution is -0.0975. The normalized spacial score (nSPS) is 18.9. The minimum atomic E-state index is -0.957. The third-order valence-corrected chi connectivity index (χ3v) is 4.19. The monoisotopic (exact) mass is 339 g/mol. The Morgan fingerprint density at radius 3 is 2.78 bits per heavy atom. The van der Waals surface area contributed by atoms with Gasteiger partial charge in [-0.05, 0) is 44.0 Å². The van der Waals surface area contributed by atoms with Crippen LogP contribution in [-0.2, 0) is 17.6 Å². The van der Waals surface area contributed by atoms with Gasteiger partial charge in [0.2, 0.25) is 0 Å². The topological polar surface area (TPSA) is 59.0 Å². The summed E-state index contributed by atoms with van der Waals surface area (Å²) >= 11 is 6.15. The Hall–Kier alpha value is -1.46. The quantitative estimate of drug-likeness (QED) is 0.900. The number of amides is 1. The lowest BCUT2D eigenvalue weighted by atomic mass is 9.86. The highest BCUT2D eigenvalue weighted by Gasteiger charge is 2.45. The molecule has 2 heterocycles. The van der Waals surface area contributed by atoms with Gasteiger partial charge in [-0.1, -0.05) is 11.6 Å². The highest BCUT2D eigenvalue weighted by atomic mass is 35.5. The third kappa shape index (κ3) is 3.56. The van der Waals surface area contributed by atoms with E-state index in [1.54, 1.807) is 0 Å². The van der Waals surface area contributed by atoms with Crippen molar-refractivity contribution in [2.75, 3.05) is 19.7 Å². The van der Waals surface area contributed by atoms with Crippen LogP contribution in [0.25, 0.3) is 0 Å². The standard InChI is InChI=1S/C17H22ClNO4/c1-16(2,3)23-15(20)19-9-17(21,10-19)8-12-7-13(18)6-11-4-5-22-14(11)12/h6-7,21H,4-5,8-10H2,1-3H3. The highest BCUT2D eigenvalue weighted by Crippen LogP contribution is 2.37. The van der Waals surface area contributed by atoms with Gasteiger partial charge < -0.3 is 19.5 Å². The van der Waals surface area contributed by atoms with Crippen LogP contribution in [0.4, 0.5) is 4.79 Å². The van der Waals surface area contributed by atoms with E-state index in [1.165, 1.54) is 4.90 Å². The van der Waals surface area contributed by atoms with Gasteiger partial charge in [-0.3, -0.25) is 0 Å². The first-order chi connectivity index (χ1) is 10.7. The Labute approximate surface area is 141 Å². The predicted molar refractivity (Wildman–Crippen MR) is 87.1 cm³/mol. The summed E-state index contributed by atoms with van der Waals surface area (Å²) in [6, 6.07) is 3.74. The average Bonchev–Trinajstić information content (AvgIpc) is 2.81. The number of likely N-dealkylation sites (tertiary alicyclic amines) is 1.